The lowest BCUT2D eigenvalue weighted by molar-refractivity contribution is -0.146. The lowest BCUT2D eigenvalue weighted by Crippen LogP contribution is -2.53. The van der Waals surface area contributed by atoms with E-state index in [0.717, 1.165) is 31.6 Å². The number of carbonyl (C=O) groups excluding carboxylic acids is 1. The van der Waals surface area contributed by atoms with Gasteiger partial charge < -0.3 is 15.3 Å². The Balaban J connectivity index is 1.61. The zero-order valence-electron chi connectivity index (χ0n) is 15.3. The minimum atomic E-state index is -0.801. The van der Waals surface area contributed by atoms with Gasteiger partial charge in [-0.15, -0.1) is 0 Å². The minimum absolute atomic E-state index is 0.0699. The summed E-state index contributed by atoms with van der Waals surface area (Å²) in [5.74, 6) is -1.63. The number of likely N-dealkylation sites (tertiary alicyclic amines) is 2. The molecule has 0 aromatic carbocycles. The predicted molar refractivity (Wildman–Crippen MR) is 97.4 cm³/mol. The molecule has 1 amide bonds. The summed E-state index contributed by atoms with van der Waals surface area (Å²) in [7, 11) is 2.11. The van der Waals surface area contributed by atoms with Gasteiger partial charge in [0, 0.05) is 25.3 Å². The number of carbonyl (C=O) groups is 2. The van der Waals surface area contributed by atoms with E-state index < -0.39 is 11.9 Å². The van der Waals surface area contributed by atoms with Gasteiger partial charge in [0.25, 0.3) is 0 Å². The molecular formula is C19H28N4O3. The van der Waals surface area contributed by atoms with E-state index in [1.165, 1.54) is 0 Å². The molecule has 0 aliphatic carbocycles. The van der Waals surface area contributed by atoms with Crippen molar-refractivity contribution in [3.05, 3.63) is 30.1 Å². The van der Waals surface area contributed by atoms with Crippen molar-refractivity contribution in [1.82, 2.24) is 20.1 Å². The molecule has 3 rings (SSSR count). The summed E-state index contributed by atoms with van der Waals surface area (Å²) in [6.45, 7) is 3.62. The molecule has 7 heteroatoms. The van der Waals surface area contributed by atoms with Crippen LogP contribution in [-0.4, -0.2) is 71.0 Å². The van der Waals surface area contributed by atoms with E-state index in [4.69, 9.17) is 0 Å². The van der Waals surface area contributed by atoms with Gasteiger partial charge in [0.05, 0.1) is 24.1 Å². The van der Waals surface area contributed by atoms with Crippen molar-refractivity contribution in [2.45, 2.75) is 31.8 Å². The smallest absolute Gasteiger partial charge is 0.307 e. The molecule has 2 N–H and O–H groups in total. The van der Waals surface area contributed by atoms with E-state index in [1.54, 1.807) is 6.20 Å². The summed E-state index contributed by atoms with van der Waals surface area (Å²) < 4.78 is 0. The molecule has 2 fully saturated rings. The van der Waals surface area contributed by atoms with Gasteiger partial charge in [-0.1, -0.05) is 6.07 Å². The van der Waals surface area contributed by atoms with E-state index in [0.29, 0.717) is 32.1 Å². The molecule has 2 aliphatic rings. The molecule has 0 saturated carbocycles. The maximum absolute atomic E-state index is 12.7. The normalized spacial score (nSPS) is 25.7. The monoisotopic (exact) mass is 360 g/mol. The van der Waals surface area contributed by atoms with E-state index in [2.05, 4.69) is 27.1 Å². The summed E-state index contributed by atoms with van der Waals surface area (Å²) in [4.78, 5) is 33.0. The zero-order chi connectivity index (χ0) is 18.5. The van der Waals surface area contributed by atoms with Gasteiger partial charge in [-0.3, -0.25) is 19.5 Å². The Labute approximate surface area is 154 Å². The molecule has 0 bridgehead atoms. The quantitative estimate of drug-likeness (QED) is 0.808. The molecule has 26 heavy (non-hydrogen) atoms. The van der Waals surface area contributed by atoms with Crippen molar-refractivity contribution in [3.63, 3.8) is 0 Å². The largest absolute Gasteiger partial charge is 0.481 e. The lowest BCUT2D eigenvalue weighted by Gasteiger charge is -2.43. The summed E-state index contributed by atoms with van der Waals surface area (Å²) in [6, 6.07) is 5.96. The average molecular weight is 360 g/mol. The third-order valence-electron chi connectivity index (χ3n) is 5.57. The fourth-order valence-corrected chi connectivity index (χ4v) is 3.99. The summed E-state index contributed by atoms with van der Waals surface area (Å²) >= 11 is 0. The predicted octanol–water partition coefficient (Wildman–Crippen LogP) is 0.815. The van der Waals surface area contributed by atoms with Gasteiger partial charge in [-0.2, -0.15) is 0 Å². The van der Waals surface area contributed by atoms with Gasteiger partial charge in [0.1, 0.15) is 0 Å². The lowest BCUT2D eigenvalue weighted by atomic mass is 9.86. The number of hydrogen-bond acceptors (Lipinski definition) is 5. The first kappa shape index (κ1) is 18.8. The van der Waals surface area contributed by atoms with Gasteiger partial charge in [0.15, 0.2) is 0 Å². The van der Waals surface area contributed by atoms with Crippen LogP contribution in [0.25, 0.3) is 0 Å². The van der Waals surface area contributed by atoms with Crippen LogP contribution in [0.5, 0.6) is 0 Å². The van der Waals surface area contributed by atoms with Crippen LogP contribution in [0.2, 0.25) is 0 Å². The van der Waals surface area contributed by atoms with E-state index >= 15 is 0 Å². The van der Waals surface area contributed by atoms with E-state index in [9.17, 15) is 14.7 Å². The van der Waals surface area contributed by atoms with Crippen LogP contribution >= 0.6 is 0 Å². The number of pyridine rings is 1. The fourth-order valence-electron chi connectivity index (χ4n) is 3.99. The first-order chi connectivity index (χ1) is 12.5. The Morgan fingerprint density at radius 3 is 2.62 bits per heavy atom. The van der Waals surface area contributed by atoms with Gasteiger partial charge in [0.2, 0.25) is 5.91 Å². The number of aromatic nitrogens is 1. The summed E-state index contributed by atoms with van der Waals surface area (Å²) in [5.41, 5.74) is 0.804. The third kappa shape index (κ3) is 4.80. The highest BCUT2D eigenvalue weighted by Gasteiger charge is 2.38. The number of amides is 1. The number of aliphatic carboxylic acids is 1. The number of carboxylic acid groups (broad SMARTS) is 1. The minimum Gasteiger partial charge on any atom is -0.481 e. The SMILES string of the molecule is CN1CCC(N2C[C@H](C(=O)O)C[C@H](C(=O)NCc3ccccn3)C2)CC1. The third-order valence-corrected chi connectivity index (χ3v) is 5.57. The first-order valence-corrected chi connectivity index (χ1v) is 9.36. The maximum atomic E-state index is 12.7. The Kier molecular flexibility index (Phi) is 6.21. The molecule has 0 spiro atoms. The molecule has 7 nitrogen and oxygen atoms in total. The maximum Gasteiger partial charge on any atom is 0.307 e. The van der Waals surface area contributed by atoms with Gasteiger partial charge in [-0.25, -0.2) is 0 Å². The number of nitrogens with zero attached hydrogens (tertiary/aromatic N) is 3. The van der Waals surface area contributed by atoms with Crippen LogP contribution in [0.1, 0.15) is 25.0 Å². The Bertz CT molecular complexity index is 616. The van der Waals surface area contributed by atoms with E-state index in [-0.39, 0.29) is 11.8 Å². The number of piperidine rings is 2. The van der Waals surface area contributed by atoms with Crippen LogP contribution in [0.15, 0.2) is 24.4 Å². The highest BCUT2D eigenvalue weighted by atomic mass is 16.4. The molecule has 2 saturated heterocycles. The molecular weight excluding hydrogens is 332 g/mol. The number of hydrogen-bond donors (Lipinski definition) is 2. The molecule has 2 aliphatic heterocycles. The molecule has 0 unspecified atom stereocenters. The summed E-state index contributed by atoms with van der Waals surface area (Å²) in [6.07, 6.45) is 4.17. The van der Waals surface area contributed by atoms with Crippen molar-refractivity contribution in [3.8, 4) is 0 Å². The standard InChI is InChI=1S/C19H28N4O3/c1-22-8-5-17(6-9-22)23-12-14(10-15(13-23)19(25)26)18(24)21-11-16-4-2-3-7-20-16/h2-4,7,14-15,17H,5-6,8-13H2,1H3,(H,21,24)(H,25,26)/t14-,15+/m0/s1. The van der Waals surface area contributed by atoms with Crippen molar-refractivity contribution >= 4 is 11.9 Å². The Hall–Kier alpha value is -1.99. The highest BCUT2D eigenvalue weighted by Crippen LogP contribution is 2.27. The molecule has 1 aromatic heterocycles. The molecule has 3 heterocycles. The topological polar surface area (TPSA) is 85.8 Å². The van der Waals surface area contributed by atoms with Crippen LogP contribution in [0.4, 0.5) is 0 Å². The second-order valence-corrected chi connectivity index (χ2v) is 7.50. The number of carboxylic acids is 1. The summed E-state index contributed by atoms with van der Waals surface area (Å²) in [5, 5.41) is 12.5. The Morgan fingerprint density at radius 1 is 1.23 bits per heavy atom. The Morgan fingerprint density at radius 2 is 1.96 bits per heavy atom. The van der Waals surface area contributed by atoms with Crippen molar-refractivity contribution < 1.29 is 14.7 Å². The zero-order valence-corrected chi connectivity index (χ0v) is 15.3. The fraction of sp³-hybridized carbons (Fsp3) is 0.632. The van der Waals surface area contributed by atoms with Crippen LogP contribution in [0.3, 0.4) is 0 Å². The van der Waals surface area contributed by atoms with Crippen molar-refractivity contribution in [2.75, 3.05) is 33.2 Å². The molecule has 0 radical (unpaired) electrons. The molecule has 2 atom stereocenters. The van der Waals surface area contributed by atoms with Crippen LogP contribution in [-0.2, 0) is 16.1 Å². The highest BCUT2D eigenvalue weighted by molar-refractivity contribution is 5.80. The van der Waals surface area contributed by atoms with Crippen LogP contribution in [0, 0.1) is 11.8 Å². The number of nitrogens with one attached hydrogen (secondary N) is 1. The average Bonchev–Trinajstić information content (AvgIpc) is 2.67. The second-order valence-electron chi connectivity index (χ2n) is 7.50. The van der Waals surface area contributed by atoms with Gasteiger partial charge >= 0.3 is 5.97 Å². The van der Waals surface area contributed by atoms with Crippen molar-refractivity contribution in [2.24, 2.45) is 11.8 Å². The van der Waals surface area contributed by atoms with E-state index in [1.807, 2.05) is 18.2 Å². The van der Waals surface area contributed by atoms with Gasteiger partial charge in [-0.05, 0) is 51.5 Å². The van der Waals surface area contributed by atoms with Crippen LogP contribution < -0.4 is 5.32 Å². The number of rotatable bonds is 5. The first-order valence-electron chi connectivity index (χ1n) is 9.36. The van der Waals surface area contributed by atoms with Crippen molar-refractivity contribution in [1.29, 1.82) is 0 Å². The molecule has 142 valence electrons. The second kappa shape index (κ2) is 8.60. The molecule has 1 aromatic rings.